The zero-order valence-corrected chi connectivity index (χ0v) is 13.2. The summed E-state index contributed by atoms with van der Waals surface area (Å²) < 4.78 is 2.00. The molecule has 6 heteroatoms. The number of aromatic amines is 1. The van der Waals surface area contributed by atoms with E-state index in [0.717, 1.165) is 46.3 Å². The molecule has 0 aliphatic heterocycles. The predicted octanol–water partition coefficient (Wildman–Crippen LogP) is 3.07. The summed E-state index contributed by atoms with van der Waals surface area (Å²) in [6.45, 7) is 5.04. The molecule has 0 aromatic carbocycles. The Morgan fingerprint density at radius 2 is 2.13 bits per heavy atom. The van der Waals surface area contributed by atoms with Crippen LogP contribution in [0.2, 0.25) is 0 Å². The van der Waals surface area contributed by atoms with Gasteiger partial charge in [-0.2, -0.15) is 10.2 Å². The molecule has 1 atom stereocenters. The standard InChI is InChI=1S/C17H18N6/c1-3-14-12-5-4-7-19-17(12)23(22-14)10-11(2)16-13-9-18-8-6-15(13)20-21-16/h4-9,11H,3,10H2,1-2H3,(H,20,21). The molecule has 0 saturated heterocycles. The molecule has 1 N–H and O–H groups in total. The van der Waals surface area contributed by atoms with Gasteiger partial charge in [-0.1, -0.05) is 13.8 Å². The van der Waals surface area contributed by atoms with Crippen molar-refractivity contribution in [2.75, 3.05) is 0 Å². The van der Waals surface area contributed by atoms with Crippen molar-refractivity contribution in [3.8, 4) is 0 Å². The van der Waals surface area contributed by atoms with Gasteiger partial charge in [-0.3, -0.25) is 10.1 Å². The van der Waals surface area contributed by atoms with Crippen LogP contribution in [0.1, 0.15) is 31.2 Å². The number of aryl methyl sites for hydroxylation is 1. The van der Waals surface area contributed by atoms with Crippen LogP contribution >= 0.6 is 0 Å². The molecular weight excluding hydrogens is 288 g/mol. The van der Waals surface area contributed by atoms with Crippen molar-refractivity contribution in [2.24, 2.45) is 0 Å². The molecule has 0 radical (unpaired) electrons. The molecule has 4 rings (SSSR count). The van der Waals surface area contributed by atoms with E-state index in [1.165, 1.54) is 0 Å². The van der Waals surface area contributed by atoms with Crippen molar-refractivity contribution >= 4 is 21.9 Å². The first-order chi connectivity index (χ1) is 11.3. The second-order valence-electron chi connectivity index (χ2n) is 5.79. The van der Waals surface area contributed by atoms with E-state index in [-0.39, 0.29) is 5.92 Å². The summed E-state index contributed by atoms with van der Waals surface area (Å²) in [7, 11) is 0. The minimum absolute atomic E-state index is 0.235. The summed E-state index contributed by atoms with van der Waals surface area (Å²) in [6, 6.07) is 5.97. The lowest BCUT2D eigenvalue weighted by molar-refractivity contribution is 0.542. The third-order valence-electron chi connectivity index (χ3n) is 4.24. The molecule has 23 heavy (non-hydrogen) atoms. The lowest BCUT2D eigenvalue weighted by atomic mass is 10.1. The number of aromatic nitrogens is 6. The van der Waals surface area contributed by atoms with E-state index in [1.807, 2.05) is 29.2 Å². The van der Waals surface area contributed by atoms with Crippen LogP contribution in [-0.4, -0.2) is 29.9 Å². The summed E-state index contributed by atoms with van der Waals surface area (Å²) >= 11 is 0. The number of pyridine rings is 2. The van der Waals surface area contributed by atoms with Gasteiger partial charge in [0.2, 0.25) is 0 Å². The van der Waals surface area contributed by atoms with Gasteiger partial charge in [0.1, 0.15) is 0 Å². The van der Waals surface area contributed by atoms with Crippen molar-refractivity contribution in [1.82, 2.24) is 29.9 Å². The number of fused-ring (bicyclic) bond motifs is 2. The van der Waals surface area contributed by atoms with E-state index < -0.39 is 0 Å². The van der Waals surface area contributed by atoms with E-state index in [4.69, 9.17) is 5.10 Å². The zero-order valence-electron chi connectivity index (χ0n) is 13.2. The van der Waals surface area contributed by atoms with Crippen molar-refractivity contribution in [3.05, 3.63) is 48.2 Å². The molecule has 116 valence electrons. The van der Waals surface area contributed by atoms with Gasteiger partial charge in [0.25, 0.3) is 0 Å². The summed E-state index contributed by atoms with van der Waals surface area (Å²) in [5.74, 6) is 0.235. The summed E-state index contributed by atoms with van der Waals surface area (Å²) in [4.78, 5) is 8.72. The Bertz CT molecular complexity index is 967. The fraction of sp³-hybridized carbons (Fsp3) is 0.294. The normalized spacial score (nSPS) is 13.0. The molecule has 0 fully saturated rings. The smallest absolute Gasteiger partial charge is 0.158 e. The molecule has 4 aromatic heterocycles. The third-order valence-corrected chi connectivity index (χ3v) is 4.24. The number of nitrogens with one attached hydrogen (secondary N) is 1. The lowest BCUT2D eigenvalue weighted by Crippen LogP contribution is -2.09. The van der Waals surface area contributed by atoms with Crippen LogP contribution in [0.5, 0.6) is 0 Å². The molecule has 4 heterocycles. The Morgan fingerprint density at radius 1 is 1.22 bits per heavy atom. The van der Waals surface area contributed by atoms with Gasteiger partial charge in [-0.25, -0.2) is 9.67 Å². The summed E-state index contributed by atoms with van der Waals surface area (Å²) in [5, 5.41) is 14.5. The van der Waals surface area contributed by atoms with Gasteiger partial charge in [-0.15, -0.1) is 0 Å². The highest BCUT2D eigenvalue weighted by atomic mass is 15.3. The van der Waals surface area contributed by atoms with Crippen LogP contribution < -0.4 is 0 Å². The maximum absolute atomic E-state index is 4.74. The first-order valence-electron chi connectivity index (χ1n) is 7.86. The number of H-pyrrole nitrogens is 1. The van der Waals surface area contributed by atoms with Crippen LogP contribution in [0.3, 0.4) is 0 Å². The topological polar surface area (TPSA) is 72.3 Å². The van der Waals surface area contributed by atoms with Crippen LogP contribution in [0.25, 0.3) is 21.9 Å². The average molecular weight is 306 g/mol. The molecule has 0 amide bonds. The van der Waals surface area contributed by atoms with Crippen LogP contribution in [-0.2, 0) is 13.0 Å². The van der Waals surface area contributed by atoms with Crippen LogP contribution in [0, 0.1) is 0 Å². The van der Waals surface area contributed by atoms with E-state index in [0.29, 0.717) is 0 Å². The van der Waals surface area contributed by atoms with Crippen molar-refractivity contribution in [1.29, 1.82) is 0 Å². The molecule has 0 saturated carbocycles. The second kappa shape index (κ2) is 5.46. The molecule has 6 nitrogen and oxygen atoms in total. The molecule has 0 bridgehead atoms. The van der Waals surface area contributed by atoms with E-state index >= 15 is 0 Å². The Labute approximate surface area is 133 Å². The summed E-state index contributed by atoms with van der Waals surface area (Å²) in [5.41, 5.74) is 4.07. The first kappa shape index (κ1) is 13.9. The third kappa shape index (κ3) is 2.27. The van der Waals surface area contributed by atoms with E-state index in [9.17, 15) is 0 Å². The number of rotatable bonds is 4. The van der Waals surface area contributed by atoms with Crippen molar-refractivity contribution < 1.29 is 0 Å². The molecule has 0 aliphatic carbocycles. The van der Waals surface area contributed by atoms with Gasteiger partial charge in [0.15, 0.2) is 5.65 Å². The quantitative estimate of drug-likeness (QED) is 0.629. The Morgan fingerprint density at radius 3 is 3.00 bits per heavy atom. The number of hydrogen-bond donors (Lipinski definition) is 1. The SMILES string of the molecule is CCc1nn(CC(C)c2[nH]nc3ccncc23)c2ncccc12. The maximum atomic E-state index is 4.74. The number of hydrogen-bond acceptors (Lipinski definition) is 4. The highest BCUT2D eigenvalue weighted by Gasteiger charge is 2.17. The van der Waals surface area contributed by atoms with E-state index in [2.05, 4.69) is 40.1 Å². The van der Waals surface area contributed by atoms with Gasteiger partial charge in [0.05, 0.1) is 17.8 Å². The predicted molar refractivity (Wildman–Crippen MR) is 89.2 cm³/mol. The Balaban J connectivity index is 1.73. The average Bonchev–Trinajstić information content (AvgIpc) is 3.17. The van der Waals surface area contributed by atoms with Gasteiger partial charge >= 0.3 is 0 Å². The van der Waals surface area contributed by atoms with Gasteiger partial charge in [0, 0.05) is 41.0 Å². The maximum Gasteiger partial charge on any atom is 0.158 e. The molecule has 0 aliphatic rings. The Hall–Kier alpha value is -2.76. The summed E-state index contributed by atoms with van der Waals surface area (Å²) in [6.07, 6.45) is 6.35. The van der Waals surface area contributed by atoms with Crippen LogP contribution in [0.15, 0.2) is 36.8 Å². The Kier molecular flexibility index (Phi) is 3.29. The fourth-order valence-corrected chi connectivity index (χ4v) is 3.06. The van der Waals surface area contributed by atoms with Crippen LogP contribution in [0.4, 0.5) is 0 Å². The fourth-order valence-electron chi connectivity index (χ4n) is 3.06. The minimum Gasteiger partial charge on any atom is -0.281 e. The van der Waals surface area contributed by atoms with Gasteiger partial charge in [-0.05, 0) is 24.6 Å². The highest BCUT2D eigenvalue weighted by Crippen LogP contribution is 2.25. The first-order valence-corrected chi connectivity index (χ1v) is 7.86. The minimum atomic E-state index is 0.235. The van der Waals surface area contributed by atoms with E-state index in [1.54, 1.807) is 6.20 Å². The second-order valence-corrected chi connectivity index (χ2v) is 5.79. The van der Waals surface area contributed by atoms with Gasteiger partial charge < -0.3 is 0 Å². The molecule has 1 unspecified atom stereocenters. The molecule has 0 spiro atoms. The molecular formula is C17H18N6. The largest absolute Gasteiger partial charge is 0.281 e. The lowest BCUT2D eigenvalue weighted by Gasteiger charge is -2.10. The van der Waals surface area contributed by atoms with Crippen molar-refractivity contribution in [2.45, 2.75) is 32.7 Å². The molecule has 4 aromatic rings. The monoisotopic (exact) mass is 306 g/mol. The van der Waals surface area contributed by atoms with Crippen molar-refractivity contribution in [3.63, 3.8) is 0 Å². The zero-order chi connectivity index (χ0) is 15.8. The highest BCUT2D eigenvalue weighted by molar-refractivity contribution is 5.81. The number of nitrogens with zero attached hydrogens (tertiary/aromatic N) is 5.